The van der Waals surface area contributed by atoms with Crippen LogP contribution in [0.25, 0.3) is 0 Å². The lowest BCUT2D eigenvalue weighted by molar-refractivity contribution is 0.136. The van der Waals surface area contributed by atoms with Crippen LogP contribution in [0.3, 0.4) is 0 Å². The number of aliphatic imine (C=N–C) groups is 1. The van der Waals surface area contributed by atoms with Gasteiger partial charge >= 0.3 is 0 Å². The summed E-state index contributed by atoms with van der Waals surface area (Å²) < 4.78 is 0. The summed E-state index contributed by atoms with van der Waals surface area (Å²) in [6.45, 7) is 18.8. The Morgan fingerprint density at radius 1 is 0.569 bits per heavy atom. The molecule has 2 saturated heterocycles. The normalized spacial score (nSPS) is 18.4. The van der Waals surface area contributed by atoms with Crippen molar-refractivity contribution in [2.24, 2.45) is 4.99 Å². The maximum absolute atomic E-state index is 9.30. The van der Waals surface area contributed by atoms with Crippen LogP contribution in [0.4, 0.5) is 5.69 Å². The number of hydrogen-bond donors (Lipinski definition) is 0. The van der Waals surface area contributed by atoms with Crippen LogP contribution >= 0.6 is 11.6 Å². The standard InChI is InChI=1S/C39H44ClN11/c1-29-21-33(35(25-41)26-42)22-30(2)50(29)19-13-46-9-15-48(16-10-46)39(45-38-7-5-37(40)6-8-38)49-17-11-47(12-18-49)14-20-51-31(3)23-34(24-32(51)4)36(27-43)28-44/h5-8,21-24H,9-20H2,1-4H3. The molecule has 1 aromatic rings. The number of benzene rings is 1. The second kappa shape index (κ2) is 17.1. The highest BCUT2D eigenvalue weighted by atomic mass is 35.5. The van der Waals surface area contributed by atoms with Gasteiger partial charge in [-0.2, -0.15) is 21.0 Å². The summed E-state index contributed by atoms with van der Waals surface area (Å²) in [5.74, 6) is 1.01. The van der Waals surface area contributed by atoms with Crippen molar-refractivity contribution in [3.05, 3.63) is 98.7 Å². The fourth-order valence-electron chi connectivity index (χ4n) is 6.95. The minimum atomic E-state index is 0.140. The van der Waals surface area contributed by atoms with Crippen molar-refractivity contribution < 1.29 is 0 Å². The van der Waals surface area contributed by atoms with Crippen LogP contribution < -0.4 is 0 Å². The number of halogens is 1. The van der Waals surface area contributed by atoms with E-state index in [1.54, 1.807) is 0 Å². The zero-order valence-corrected chi connectivity index (χ0v) is 30.7. The Morgan fingerprint density at radius 3 is 1.25 bits per heavy atom. The van der Waals surface area contributed by atoms with E-state index in [-0.39, 0.29) is 11.1 Å². The van der Waals surface area contributed by atoms with Gasteiger partial charge in [0.2, 0.25) is 5.96 Å². The van der Waals surface area contributed by atoms with E-state index >= 15 is 0 Å². The van der Waals surface area contributed by atoms with Gasteiger partial charge in [0.25, 0.3) is 0 Å². The molecule has 51 heavy (non-hydrogen) atoms. The zero-order valence-electron chi connectivity index (χ0n) is 29.9. The largest absolute Gasteiger partial charge is 0.348 e. The van der Waals surface area contributed by atoms with E-state index in [4.69, 9.17) is 16.6 Å². The van der Waals surface area contributed by atoms with Gasteiger partial charge in [-0.25, -0.2) is 4.99 Å². The van der Waals surface area contributed by atoms with Crippen LogP contribution in [0, 0.1) is 45.3 Å². The van der Waals surface area contributed by atoms with Gasteiger partial charge in [0.1, 0.15) is 35.4 Å². The molecular weight excluding hydrogens is 658 g/mol. The summed E-state index contributed by atoms with van der Waals surface area (Å²) in [5.41, 5.74) is 6.66. The molecule has 0 amide bonds. The van der Waals surface area contributed by atoms with E-state index in [9.17, 15) is 21.0 Å². The fraction of sp³-hybridized carbons (Fsp3) is 0.410. The van der Waals surface area contributed by atoms with Crippen molar-refractivity contribution in [1.82, 2.24) is 29.4 Å². The molecule has 262 valence electrons. The highest BCUT2D eigenvalue weighted by Crippen LogP contribution is 2.26. The second-order valence-corrected chi connectivity index (χ2v) is 13.5. The van der Waals surface area contributed by atoms with Crippen molar-refractivity contribution in [2.45, 2.75) is 27.7 Å². The van der Waals surface area contributed by atoms with Gasteiger partial charge < -0.3 is 19.6 Å². The molecule has 0 saturated carbocycles. The molecule has 0 aromatic heterocycles. The van der Waals surface area contributed by atoms with E-state index in [1.165, 1.54) is 0 Å². The summed E-state index contributed by atoms with van der Waals surface area (Å²) in [6, 6.07) is 15.7. The number of piperazine rings is 2. The second-order valence-electron chi connectivity index (χ2n) is 13.1. The lowest BCUT2D eigenvalue weighted by Crippen LogP contribution is -2.58. The SMILES string of the molecule is CC1=CC(=C(C#N)C#N)C=C(C)N1CCN1CCN(C(=Nc2ccc(Cl)cc2)N2CCN(CCN3C(C)=CC(=C(C#N)C#N)C=C3C)CC2)CC1. The predicted octanol–water partition coefficient (Wildman–Crippen LogP) is 5.50. The van der Waals surface area contributed by atoms with Gasteiger partial charge in [-0.1, -0.05) is 11.6 Å². The number of hydrogen-bond acceptors (Lipinski definition) is 9. The van der Waals surface area contributed by atoms with Crippen LogP contribution in [0.15, 0.2) is 98.6 Å². The molecule has 2 fully saturated rings. The lowest BCUT2D eigenvalue weighted by atomic mass is 10.0. The molecule has 0 spiro atoms. The highest BCUT2D eigenvalue weighted by Gasteiger charge is 2.28. The molecule has 0 radical (unpaired) electrons. The van der Waals surface area contributed by atoms with Gasteiger partial charge in [-0.05, 0) is 76.3 Å². The number of allylic oxidation sites excluding steroid dienone is 12. The molecule has 0 N–H and O–H groups in total. The summed E-state index contributed by atoms with van der Waals surface area (Å²) in [4.78, 5) is 19.5. The smallest absolute Gasteiger partial charge is 0.202 e. The van der Waals surface area contributed by atoms with E-state index in [0.29, 0.717) is 16.2 Å². The Hall–Kier alpha value is -5.30. The molecule has 12 heteroatoms. The summed E-state index contributed by atoms with van der Waals surface area (Å²) in [5, 5.41) is 37.9. The zero-order chi connectivity index (χ0) is 36.5. The lowest BCUT2D eigenvalue weighted by Gasteiger charge is -2.43. The fourth-order valence-corrected chi connectivity index (χ4v) is 7.08. The number of guanidine groups is 1. The Morgan fingerprint density at radius 2 is 0.922 bits per heavy atom. The Kier molecular flexibility index (Phi) is 12.4. The first-order valence-corrected chi connectivity index (χ1v) is 17.7. The molecule has 0 aliphatic carbocycles. The van der Waals surface area contributed by atoms with E-state index in [0.717, 1.165) is 113 Å². The molecule has 4 heterocycles. The molecule has 11 nitrogen and oxygen atoms in total. The maximum Gasteiger partial charge on any atom is 0.202 e. The van der Waals surface area contributed by atoms with Crippen molar-refractivity contribution >= 4 is 23.2 Å². The maximum atomic E-state index is 9.30. The summed E-state index contributed by atoms with van der Waals surface area (Å²) in [7, 11) is 0. The average Bonchev–Trinajstić information content (AvgIpc) is 3.12. The molecule has 0 atom stereocenters. The van der Waals surface area contributed by atoms with Crippen molar-refractivity contribution in [2.75, 3.05) is 78.5 Å². The first kappa shape index (κ1) is 37.0. The molecule has 0 bridgehead atoms. The quantitative estimate of drug-likeness (QED) is 0.204. The molecular formula is C39H44ClN11. The van der Waals surface area contributed by atoms with E-state index < -0.39 is 0 Å². The van der Waals surface area contributed by atoms with Gasteiger partial charge in [-0.15, -0.1) is 0 Å². The first-order chi connectivity index (χ1) is 24.6. The van der Waals surface area contributed by atoms with Crippen molar-refractivity contribution in [1.29, 1.82) is 21.0 Å². The summed E-state index contributed by atoms with van der Waals surface area (Å²) in [6.07, 6.45) is 7.69. The average molecular weight is 702 g/mol. The van der Waals surface area contributed by atoms with Gasteiger partial charge in [0, 0.05) is 117 Å². The Balaban J connectivity index is 1.18. The third-order valence-corrected chi connectivity index (χ3v) is 10.1. The van der Waals surface area contributed by atoms with Crippen LogP contribution in [0.1, 0.15) is 27.7 Å². The molecule has 1 aromatic carbocycles. The number of rotatable bonds is 7. The van der Waals surface area contributed by atoms with Gasteiger partial charge in [0.05, 0.1) is 5.69 Å². The van der Waals surface area contributed by atoms with E-state index in [1.807, 2.05) is 101 Å². The van der Waals surface area contributed by atoms with Crippen molar-refractivity contribution in [3.8, 4) is 24.3 Å². The molecule has 4 aliphatic rings. The third-order valence-electron chi connectivity index (χ3n) is 9.83. The number of nitrogens with zero attached hydrogens (tertiary/aromatic N) is 11. The van der Waals surface area contributed by atoms with Crippen molar-refractivity contribution in [3.63, 3.8) is 0 Å². The minimum Gasteiger partial charge on any atom is -0.348 e. The molecule has 0 unspecified atom stereocenters. The van der Waals surface area contributed by atoms with E-state index in [2.05, 4.69) is 29.4 Å². The Bertz CT molecular complexity index is 1680. The van der Waals surface area contributed by atoms with Crippen LogP contribution in [-0.4, -0.2) is 114 Å². The number of nitriles is 4. The van der Waals surface area contributed by atoms with Gasteiger partial charge in [0.15, 0.2) is 0 Å². The molecule has 5 rings (SSSR count). The van der Waals surface area contributed by atoms with Gasteiger partial charge in [-0.3, -0.25) is 9.80 Å². The topological polar surface area (TPSA) is 127 Å². The van der Waals surface area contributed by atoms with Crippen LogP contribution in [0.5, 0.6) is 0 Å². The third kappa shape index (κ3) is 9.09. The first-order valence-electron chi connectivity index (χ1n) is 17.3. The highest BCUT2D eigenvalue weighted by molar-refractivity contribution is 6.30. The van der Waals surface area contributed by atoms with Crippen LogP contribution in [-0.2, 0) is 0 Å². The monoisotopic (exact) mass is 701 g/mol. The Labute approximate surface area is 307 Å². The summed E-state index contributed by atoms with van der Waals surface area (Å²) >= 11 is 6.20. The van der Waals surface area contributed by atoms with Crippen LogP contribution in [0.2, 0.25) is 5.02 Å². The minimum absolute atomic E-state index is 0.140. The predicted molar refractivity (Wildman–Crippen MR) is 200 cm³/mol. The molecule has 4 aliphatic heterocycles.